The van der Waals surface area contributed by atoms with Crippen LogP contribution in [-0.2, 0) is 20.8 Å². The zero-order valence-electron chi connectivity index (χ0n) is 13.3. The predicted octanol–water partition coefficient (Wildman–Crippen LogP) is 0.833. The summed E-state index contributed by atoms with van der Waals surface area (Å²) in [5.41, 5.74) is 1.22. The van der Waals surface area contributed by atoms with Crippen molar-refractivity contribution in [3.63, 3.8) is 0 Å². The summed E-state index contributed by atoms with van der Waals surface area (Å²) in [6.45, 7) is 5.07. The molecule has 6 nitrogen and oxygen atoms in total. The van der Waals surface area contributed by atoms with E-state index in [1.807, 2.05) is 6.07 Å². The lowest BCUT2D eigenvalue weighted by Crippen LogP contribution is -2.37. The van der Waals surface area contributed by atoms with Crippen LogP contribution in [0.25, 0.3) is 0 Å². The van der Waals surface area contributed by atoms with Crippen LogP contribution >= 0.6 is 0 Å². The minimum absolute atomic E-state index is 0.000107. The molecule has 22 heavy (non-hydrogen) atoms. The summed E-state index contributed by atoms with van der Waals surface area (Å²) < 4.78 is 16.5. The Morgan fingerprint density at radius 3 is 3.14 bits per heavy atom. The van der Waals surface area contributed by atoms with Crippen molar-refractivity contribution in [2.45, 2.75) is 6.54 Å². The van der Waals surface area contributed by atoms with E-state index in [4.69, 9.17) is 13.9 Å². The normalized spacial score (nSPS) is 28.0. The first-order valence-corrected chi connectivity index (χ1v) is 7.68. The molecule has 2 saturated heterocycles. The highest BCUT2D eigenvalue weighted by Gasteiger charge is 2.50. The third kappa shape index (κ3) is 3.19. The number of carbonyl (C=O) groups is 1. The third-order valence-electron chi connectivity index (χ3n) is 4.69. The number of amides is 1. The Bertz CT molecular complexity index is 502. The molecular weight excluding hydrogens is 284 g/mol. The molecule has 2 aliphatic rings. The van der Waals surface area contributed by atoms with Gasteiger partial charge in [0.15, 0.2) is 0 Å². The second kappa shape index (κ2) is 6.40. The van der Waals surface area contributed by atoms with Crippen molar-refractivity contribution in [1.29, 1.82) is 0 Å². The Morgan fingerprint density at radius 2 is 2.41 bits per heavy atom. The van der Waals surface area contributed by atoms with Crippen molar-refractivity contribution in [2.75, 3.05) is 53.6 Å². The van der Waals surface area contributed by atoms with Gasteiger partial charge < -0.3 is 18.8 Å². The summed E-state index contributed by atoms with van der Waals surface area (Å²) in [4.78, 5) is 15.6. The van der Waals surface area contributed by atoms with Gasteiger partial charge in [0.05, 0.1) is 32.3 Å². The van der Waals surface area contributed by atoms with E-state index >= 15 is 0 Å². The SMILES string of the molecule is CN(C)C(=O)COC[C@]12COC[C@H]1CN(Cc1ccoc1)C2. The van der Waals surface area contributed by atoms with Crippen LogP contribution in [0.15, 0.2) is 23.0 Å². The minimum Gasteiger partial charge on any atom is -0.472 e. The van der Waals surface area contributed by atoms with Crippen molar-refractivity contribution in [2.24, 2.45) is 11.3 Å². The van der Waals surface area contributed by atoms with Gasteiger partial charge in [-0.3, -0.25) is 9.69 Å². The first-order chi connectivity index (χ1) is 10.6. The average Bonchev–Trinajstić information content (AvgIpc) is 3.15. The molecule has 0 N–H and O–H groups in total. The van der Waals surface area contributed by atoms with E-state index in [9.17, 15) is 4.79 Å². The zero-order valence-corrected chi connectivity index (χ0v) is 13.3. The Kier molecular flexibility index (Phi) is 4.52. The predicted molar refractivity (Wildman–Crippen MR) is 80.2 cm³/mol. The summed E-state index contributed by atoms with van der Waals surface area (Å²) in [6.07, 6.45) is 3.50. The summed E-state index contributed by atoms with van der Waals surface area (Å²) in [5.74, 6) is 0.481. The van der Waals surface area contributed by atoms with Crippen molar-refractivity contribution in [3.8, 4) is 0 Å². The van der Waals surface area contributed by atoms with Crippen LogP contribution in [0.5, 0.6) is 0 Å². The Hall–Kier alpha value is -1.37. The number of nitrogens with zero attached hydrogens (tertiary/aromatic N) is 2. The van der Waals surface area contributed by atoms with Crippen molar-refractivity contribution in [1.82, 2.24) is 9.80 Å². The van der Waals surface area contributed by atoms with Crippen LogP contribution in [0.3, 0.4) is 0 Å². The molecule has 0 aliphatic carbocycles. The number of rotatable bonds is 6. The van der Waals surface area contributed by atoms with Gasteiger partial charge in [-0.2, -0.15) is 0 Å². The Balaban J connectivity index is 1.55. The maximum atomic E-state index is 11.6. The van der Waals surface area contributed by atoms with E-state index in [1.54, 1.807) is 31.5 Å². The molecule has 6 heteroatoms. The smallest absolute Gasteiger partial charge is 0.248 e. The average molecular weight is 308 g/mol. The van der Waals surface area contributed by atoms with Gasteiger partial charge in [-0.15, -0.1) is 0 Å². The van der Waals surface area contributed by atoms with Gasteiger partial charge in [-0.05, 0) is 6.07 Å². The van der Waals surface area contributed by atoms with E-state index < -0.39 is 0 Å². The van der Waals surface area contributed by atoms with E-state index in [1.165, 1.54) is 5.56 Å². The van der Waals surface area contributed by atoms with Crippen LogP contribution in [0.1, 0.15) is 5.56 Å². The van der Waals surface area contributed by atoms with Crippen molar-refractivity contribution >= 4 is 5.91 Å². The molecule has 0 radical (unpaired) electrons. The molecule has 3 rings (SSSR count). The quantitative estimate of drug-likeness (QED) is 0.779. The summed E-state index contributed by atoms with van der Waals surface area (Å²) in [7, 11) is 3.49. The maximum Gasteiger partial charge on any atom is 0.248 e. The Labute approximate surface area is 131 Å². The number of carbonyl (C=O) groups excluding carboxylic acids is 1. The highest BCUT2D eigenvalue weighted by molar-refractivity contribution is 5.76. The van der Waals surface area contributed by atoms with Gasteiger partial charge in [-0.1, -0.05) is 0 Å². The van der Waals surface area contributed by atoms with Gasteiger partial charge in [0, 0.05) is 50.6 Å². The van der Waals surface area contributed by atoms with E-state index in [2.05, 4.69) is 4.90 Å². The topological polar surface area (TPSA) is 55.2 Å². The van der Waals surface area contributed by atoms with Crippen LogP contribution in [0, 0.1) is 11.3 Å². The number of ether oxygens (including phenoxy) is 2. The molecule has 0 aromatic carbocycles. The maximum absolute atomic E-state index is 11.6. The summed E-state index contributed by atoms with van der Waals surface area (Å²) in [5, 5.41) is 0. The molecule has 122 valence electrons. The fourth-order valence-corrected chi connectivity index (χ4v) is 3.38. The van der Waals surface area contributed by atoms with Gasteiger partial charge >= 0.3 is 0 Å². The van der Waals surface area contributed by atoms with Crippen LogP contribution in [-0.4, -0.2) is 69.3 Å². The molecular formula is C16H24N2O4. The lowest BCUT2D eigenvalue weighted by atomic mass is 9.82. The van der Waals surface area contributed by atoms with Gasteiger partial charge in [0.25, 0.3) is 0 Å². The molecule has 1 amide bonds. The lowest BCUT2D eigenvalue weighted by Gasteiger charge is -2.27. The fraction of sp³-hybridized carbons (Fsp3) is 0.688. The molecule has 0 unspecified atom stereocenters. The molecule has 0 bridgehead atoms. The minimum atomic E-state index is 0.000107. The van der Waals surface area contributed by atoms with E-state index in [0.29, 0.717) is 12.5 Å². The molecule has 1 aromatic rings. The number of fused-ring (bicyclic) bond motifs is 1. The van der Waals surface area contributed by atoms with Gasteiger partial charge in [-0.25, -0.2) is 0 Å². The fourth-order valence-electron chi connectivity index (χ4n) is 3.38. The standard InChI is InChI=1S/C16H24N2O4/c1-17(2)15(19)9-22-12-16-10-18(5-13-3-4-20-7-13)6-14(16)8-21-11-16/h3-4,7,14H,5-6,8-12H2,1-2H3/t14-,16+/m1/s1. The number of hydrogen-bond acceptors (Lipinski definition) is 5. The van der Waals surface area contributed by atoms with E-state index in [0.717, 1.165) is 32.8 Å². The molecule has 0 spiro atoms. The molecule has 3 heterocycles. The molecule has 2 atom stereocenters. The second-order valence-electron chi connectivity index (χ2n) is 6.66. The molecule has 2 aliphatic heterocycles. The van der Waals surface area contributed by atoms with Crippen LogP contribution < -0.4 is 0 Å². The molecule has 0 saturated carbocycles. The van der Waals surface area contributed by atoms with Crippen molar-refractivity contribution in [3.05, 3.63) is 24.2 Å². The van der Waals surface area contributed by atoms with Crippen molar-refractivity contribution < 1.29 is 18.7 Å². The molecule has 1 aromatic heterocycles. The number of furan rings is 1. The number of hydrogen-bond donors (Lipinski definition) is 0. The number of likely N-dealkylation sites (N-methyl/N-ethyl adjacent to an activating group) is 1. The third-order valence-corrected chi connectivity index (χ3v) is 4.69. The van der Waals surface area contributed by atoms with Gasteiger partial charge in [0.1, 0.15) is 6.61 Å². The van der Waals surface area contributed by atoms with Crippen LogP contribution in [0.4, 0.5) is 0 Å². The Morgan fingerprint density at radius 1 is 1.55 bits per heavy atom. The summed E-state index contributed by atoms with van der Waals surface area (Å²) >= 11 is 0. The van der Waals surface area contributed by atoms with Crippen LogP contribution in [0.2, 0.25) is 0 Å². The second-order valence-corrected chi connectivity index (χ2v) is 6.66. The largest absolute Gasteiger partial charge is 0.472 e. The monoisotopic (exact) mass is 308 g/mol. The van der Waals surface area contributed by atoms with Gasteiger partial charge in [0.2, 0.25) is 5.91 Å². The first-order valence-electron chi connectivity index (χ1n) is 7.68. The zero-order chi connectivity index (χ0) is 15.6. The first kappa shape index (κ1) is 15.5. The summed E-state index contributed by atoms with van der Waals surface area (Å²) in [6, 6.07) is 2.00. The number of likely N-dealkylation sites (tertiary alicyclic amines) is 1. The van der Waals surface area contributed by atoms with E-state index in [-0.39, 0.29) is 17.9 Å². The molecule has 2 fully saturated rings. The highest BCUT2D eigenvalue weighted by atomic mass is 16.5. The highest BCUT2D eigenvalue weighted by Crippen LogP contribution is 2.42. The lowest BCUT2D eigenvalue weighted by molar-refractivity contribution is -0.135.